The van der Waals surface area contributed by atoms with E-state index in [2.05, 4.69) is 9.72 Å². The molecule has 0 aliphatic rings. The standard InChI is InChI=1S/C13H12N2O6/c1-6(13(20)21-2)15-8-5-3-4-7(12(18)19)9(8)14-10(16)11(15)17/h3-6H,1-2H3,(H,14,16)(H,18,19). The largest absolute Gasteiger partial charge is 0.478 e. The number of ether oxygens (including phenoxy) is 1. The number of hydrogen-bond acceptors (Lipinski definition) is 5. The molecule has 0 bridgehead atoms. The number of para-hydroxylation sites is 1. The number of fused-ring (bicyclic) bond motifs is 1. The monoisotopic (exact) mass is 292 g/mol. The molecule has 0 radical (unpaired) electrons. The number of carbonyl (C=O) groups excluding carboxylic acids is 1. The number of carbonyl (C=O) groups is 2. The van der Waals surface area contributed by atoms with Crippen LogP contribution in [0.2, 0.25) is 0 Å². The second-order valence-electron chi connectivity index (χ2n) is 4.33. The normalized spacial score (nSPS) is 12.1. The van der Waals surface area contributed by atoms with Crippen molar-refractivity contribution in [1.82, 2.24) is 9.55 Å². The summed E-state index contributed by atoms with van der Waals surface area (Å²) in [6.07, 6.45) is 0. The van der Waals surface area contributed by atoms with Crippen molar-refractivity contribution in [1.29, 1.82) is 0 Å². The number of methoxy groups -OCH3 is 1. The number of carboxylic acids is 1. The zero-order valence-corrected chi connectivity index (χ0v) is 11.2. The lowest BCUT2D eigenvalue weighted by atomic mass is 10.1. The molecule has 1 aromatic heterocycles. The summed E-state index contributed by atoms with van der Waals surface area (Å²) < 4.78 is 5.48. The Morgan fingerprint density at radius 1 is 1.33 bits per heavy atom. The second kappa shape index (κ2) is 5.23. The Morgan fingerprint density at radius 3 is 2.57 bits per heavy atom. The number of aromatic amines is 1. The summed E-state index contributed by atoms with van der Waals surface area (Å²) in [5, 5.41) is 9.13. The van der Waals surface area contributed by atoms with E-state index in [0.717, 1.165) is 11.7 Å². The molecule has 0 aliphatic heterocycles. The Bertz CT molecular complexity index is 848. The fraction of sp³-hybridized carbons (Fsp3) is 0.231. The van der Waals surface area contributed by atoms with E-state index in [1.807, 2.05) is 0 Å². The highest BCUT2D eigenvalue weighted by molar-refractivity contribution is 6.00. The maximum Gasteiger partial charge on any atom is 0.337 e. The van der Waals surface area contributed by atoms with Crippen LogP contribution in [0.15, 0.2) is 27.8 Å². The number of H-pyrrole nitrogens is 1. The molecule has 1 aromatic carbocycles. The maximum atomic E-state index is 12.0. The third kappa shape index (κ3) is 2.31. The number of rotatable bonds is 3. The van der Waals surface area contributed by atoms with E-state index in [-0.39, 0.29) is 16.6 Å². The zero-order valence-electron chi connectivity index (χ0n) is 11.2. The van der Waals surface area contributed by atoms with Crippen molar-refractivity contribution >= 4 is 23.0 Å². The van der Waals surface area contributed by atoms with Gasteiger partial charge < -0.3 is 14.8 Å². The van der Waals surface area contributed by atoms with Crippen LogP contribution in [0.4, 0.5) is 0 Å². The molecule has 2 rings (SSSR count). The molecule has 0 spiro atoms. The van der Waals surface area contributed by atoms with Gasteiger partial charge in [-0.3, -0.25) is 14.2 Å². The number of hydrogen-bond donors (Lipinski definition) is 2. The van der Waals surface area contributed by atoms with Gasteiger partial charge in [0.15, 0.2) is 0 Å². The first-order valence-corrected chi connectivity index (χ1v) is 5.97. The summed E-state index contributed by atoms with van der Waals surface area (Å²) in [6.45, 7) is 1.39. The van der Waals surface area contributed by atoms with Gasteiger partial charge in [0.2, 0.25) is 0 Å². The van der Waals surface area contributed by atoms with Gasteiger partial charge in [-0.25, -0.2) is 9.59 Å². The molecule has 8 nitrogen and oxygen atoms in total. The topological polar surface area (TPSA) is 118 Å². The number of aromatic carboxylic acids is 1. The SMILES string of the molecule is COC(=O)C(C)n1c(=O)c(=O)[nH]c2c(C(=O)O)cccc21. The molecule has 110 valence electrons. The Kier molecular flexibility index (Phi) is 3.62. The van der Waals surface area contributed by atoms with Crippen LogP contribution in [0, 0.1) is 0 Å². The van der Waals surface area contributed by atoms with Gasteiger partial charge in [0.05, 0.1) is 23.7 Å². The van der Waals surface area contributed by atoms with Crippen LogP contribution >= 0.6 is 0 Å². The second-order valence-corrected chi connectivity index (χ2v) is 4.33. The smallest absolute Gasteiger partial charge is 0.337 e. The fourth-order valence-corrected chi connectivity index (χ4v) is 2.10. The molecule has 0 aliphatic carbocycles. The summed E-state index contributed by atoms with van der Waals surface area (Å²) in [4.78, 5) is 48.7. The lowest BCUT2D eigenvalue weighted by Crippen LogP contribution is -2.40. The highest BCUT2D eigenvalue weighted by atomic mass is 16.5. The molecule has 0 fully saturated rings. The number of aromatic nitrogens is 2. The molecule has 1 atom stereocenters. The van der Waals surface area contributed by atoms with E-state index in [1.54, 1.807) is 0 Å². The van der Waals surface area contributed by atoms with E-state index < -0.39 is 29.1 Å². The first-order valence-electron chi connectivity index (χ1n) is 5.97. The molecule has 0 amide bonds. The summed E-state index contributed by atoms with van der Waals surface area (Å²) in [7, 11) is 1.15. The van der Waals surface area contributed by atoms with Crippen molar-refractivity contribution in [3.63, 3.8) is 0 Å². The van der Waals surface area contributed by atoms with E-state index in [0.29, 0.717) is 0 Å². The van der Waals surface area contributed by atoms with Crippen molar-refractivity contribution < 1.29 is 19.4 Å². The van der Waals surface area contributed by atoms with Gasteiger partial charge in [0, 0.05) is 0 Å². The van der Waals surface area contributed by atoms with E-state index >= 15 is 0 Å². The molecule has 0 saturated heterocycles. The summed E-state index contributed by atoms with van der Waals surface area (Å²) in [5.74, 6) is -1.98. The summed E-state index contributed by atoms with van der Waals surface area (Å²) >= 11 is 0. The predicted molar refractivity (Wildman–Crippen MR) is 72.5 cm³/mol. The van der Waals surface area contributed by atoms with Crippen LogP contribution in [0.25, 0.3) is 11.0 Å². The third-order valence-corrected chi connectivity index (χ3v) is 3.11. The Balaban J connectivity index is 2.94. The third-order valence-electron chi connectivity index (χ3n) is 3.11. The van der Waals surface area contributed by atoms with E-state index in [9.17, 15) is 19.2 Å². The van der Waals surface area contributed by atoms with Gasteiger partial charge >= 0.3 is 23.1 Å². The lowest BCUT2D eigenvalue weighted by Gasteiger charge is -2.15. The van der Waals surface area contributed by atoms with Crippen molar-refractivity contribution in [3.8, 4) is 0 Å². The van der Waals surface area contributed by atoms with Gasteiger partial charge in [0.1, 0.15) is 6.04 Å². The van der Waals surface area contributed by atoms with Crippen molar-refractivity contribution in [2.75, 3.05) is 7.11 Å². The number of carboxylic acid groups (broad SMARTS) is 1. The molecular formula is C13H12N2O6. The summed E-state index contributed by atoms with van der Waals surface area (Å²) in [5.41, 5.74) is -2.02. The Labute approximate surface area is 117 Å². The Hall–Kier alpha value is -2.90. The van der Waals surface area contributed by atoms with Gasteiger partial charge in [-0.15, -0.1) is 0 Å². The molecule has 2 N–H and O–H groups in total. The van der Waals surface area contributed by atoms with Crippen LogP contribution in [0.1, 0.15) is 23.3 Å². The highest BCUT2D eigenvalue weighted by Gasteiger charge is 2.22. The lowest BCUT2D eigenvalue weighted by molar-refractivity contribution is -0.144. The first kappa shape index (κ1) is 14.5. The number of esters is 1. The molecule has 8 heteroatoms. The minimum atomic E-state index is -1.26. The van der Waals surface area contributed by atoms with Gasteiger partial charge in [0.25, 0.3) is 0 Å². The van der Waals surface area contributed by atoms with Crippen molar-refractivity contribution in [2.24, 2.45) is 0 Å². The first-order chi connectivity index (χ1) is 9.88. The molecule has 2 aromatic rings. The van der Waals surface area contributed by atoms with Gasteiger partial charge in [-0.05, 0) is 19.1 Å². The van der Waals surface area contributed by atoms with Crippen LogP contribution in [-0.4, -0.2) is 33.7 Å². The molecule has 1 unspecified atom stereocenters. The van der Waals surface area contributed by atoms with Crippen LogP contribution in [0.3, 0.4) is 0 Å². The number of nitrogens with zero attached hydrogens (tertiary/aromatic N) is 1. The minimum Gasteiger partial charge on any atom is -0.478 e. The quantitative estimate of drug-likeness (QED) is 0.612. The minimum absolute atomic E-state index is 0.0228. The van der Waals surface area contributed by atoms with Crippen molar-refractivity contribution in [2.45, 2.75) is 13.0 Å². The average Bonchev–Trinajstić information content (AvgIpc) is 2.46. The number of benzene rings is 1. The number of nitrogens with one attached hydrogen (secondary N) is 1. The van der Waals surface area contributed by atoms with Crippen molar-refractivity contribution in [3.05, 3.63) is 44.5 Å². The van der Waals surface area contributed by atoms with E-state index in [1.165, 1.54) is 25.1 Å². The predicted octanol–water partition coefficient (Wildman–Crippen LogP) is 0.122. The zero-order chi connectivity index (χ0) is 15.7. The molecule has 0 saturated carbocycles. The van der Waals surface area contributed by atoms with Crippen LogP contribution in [0.5, 0.6) is 0 Å². The molecule has 1 heterocycles. The Morgan fingerprint density at radius 2 is 2.00 bits per heavy atom. The molecule has 21 heavy (non-hydrogen) atoms. The highest BCUT2D eigenvalue weighted by Crippen LogP contribution is 2.17. The maximum absolute atomic E-state index is 12.0. The molecular weight excluding hydrogens is 280 g/mol. The fourth-order valence-electron chi connectivity index (χ4n) is 2.10. The average molecular weight is 292 g/mol. The van der Waals surface area contributed by atoms with Crippen LogP contribution in [-0.2, 0) is 9.53 Å². The van der Waals surface area contributed by atoms with Gasteiger partial charge in [-0.1, -0.05) is 6.07 Å². The summed E-state index contributed by atoms with van der Waals surface area (Å²) in [6, 6.07) is 3.09. The van der Waals surface area contributed by atoms with Crippen LogP contribution < -0.4 is 11.1 Å². The van der Waals surface area contributed by atoms with E-state index in [4.69, 9.17) is 5.11 Å². The van der Waals surface area contributed by atoms with Gasteiger partial charge in [-0.2, -0.15) is 0 Å².